The van der Waals surface area contributed by atoms with E-state index in [1.54, 1.807) is 0 Å². The second-order valence-corrected chi connectivity index (χ2v) is 3.44. The number of fused-ring (bicyclic) bond motifs is 1. The molecule has 0 unspecified atom stereocenters. The smallest absolute Gasteiger partial charge is 0.303 e. The first-order valence-corrected chi connectivity index (χ1v) is 4.69. The van der Waals surface area contributed by atoms with Crippen molar-refractivity contribution in [3.8, 4) is 0 Å². The van der Waals surface area contributed by atoms with Crippen LogP contribution in [-0.4, -0.2) is 25.7 Å². The molecule has 0 aliphatic carbocycles. The van der Waals surface area contributed by atoms with Crippen molar-refractivity contribution in [1.29, 1.82) is 0 Å². The Morgan fingerprint density at radius 2 is 2.27 bits per heavy atom. The molecule has 0 radical (unpaired) electrons. The molecule has 2 heterocycles. The molecule has 0 atom stereocenters. The third kappa shape index (κ3) is 1.96. The molecular formula is C10H11N3O2. The lowest BCUT2D eigenvalue weighted by molar-refractivity contribution is -0.137. The van der Waals surface area contributed by atoms with E-state index in [1.807, 2.05) is 29.7 Å². The number of aromatic nitrogens is 3. The zero-order valence-corrected chi connectivity index (χ0v) is 8.34. The maximum Gasteiger partial charge on any atom is 0.303 e. The first-order valence-electron chi connectivity index (χ1n) is 4.69. The summed E-state index contributed by atoms with van der Waals surface area (Å²) in [6.45, 7) is 1.97. The topological polar surface area (TPSA) is 67.5 Å². The van der Waals surface area contributed by atoms with E-state index in [9.17, 15) is 4.79 Å². The van der Waals surface area contributed by atoms with E-state index in [0.29, 0.717) is 12.2 Å². The minimum atomic E-state index is -0.820. The van der Waals surface area contributed by atoms with Gasteiger partial charge in [-0.05, 0) is 18.6 Å². The van der Waals surface area contributed by atoms with Crippen LogP contribution in [0.3, 0.4) is 0 Å². The van der Waals surface area contributed by atoms with E-state index in [2.05, 4.69) is 10.2 Å². The highest BCUT2D eigenvalue weighted by Crippen LogP contribution is 2.07. The zero-order chi connectivity index (χ0) is 10.8. The van der Waals surface area contributed by atoms with Crippen LogP contribution in [0.2, 0.25) is 0 Å². The van der Waals surface area contributed by atoms with E-state index < -0.39 is 5.97 Å². The highest BCUT2D eigenvalue weighted by atomic mass is 16.4. The van der Waals surface area contributed by atoms with Gasteiger partial charge in [0.05, 0.1) is 6.42 Å². The monoisotopic (exact) mass is 205 g/mol. The second kappa shape index (κ2) is 3.68. The maximum absolute atomic E-state index is 10.4. The van der Waals surface area contributed by atoms with Crippen molar-refractivity contribution >= 4 is 11.6 Å². The number of hydrogen-bond acceptors (Lipinski definition) is 3. The highest BCUT2D eigenvalue weighted by molar-refractivity contribution is 5.66. The van der Waals surface area contributed by atoms with Crippen molar-refractivity contribution < 1.29 is 9.90 Å². The fourth-order valence-electron chi connectivity index (χ4n) is 1.43. The summed E-state index contributed by atoms with van der Waals surface area (Å²) in [5.74, 6) is -0.129. The van der Waals surface area contributed by atoms with E-state index >= 15 is 0 Å². The van der Waals surface area contributed by atoms with Gasteiger partial charge >= 0.3 is 5.97 Å². The standard InChI is InChI=1S/C10H11N3O2/c1-7-2-3-8-11-12-9(13(8)6-7)4-5-10(14)15/h2-3,6H,4-5H2,1H3,(H,14,15). The van der Waals surface area contributed by atoms with Crippen LogP contribution in [-0.2, 0) is 11.2 Å². The second-order valence-electron chi connectivity index (χ2n) is 3.44. The molecule has 2 rings (SSSR count). The van der Waals surface area contributed by atoms with E-state index in [-0.39, 0.29) is 6.42 Å². The summed E-state index contributed by atoms with van der Waals surface area (Å²) >= 11 is 0. The number of aryl methyl sites for hydroxylation is 2. The third-order valence-electron chi connectivity index (χ3n) is 2.18. The number of carbonyl (C=O) groups is 1. The van der Waals surface area contributed by atoms with Gasteiger partial charge in [-0.3, -0.25) is 9.20 Å². The summed E-state index contributed by atoms with van der Waals surface area (Å²) in [7, 11) is 0. The van der Waals surface area contributed by atoms with Gasteiger partial charge in [0.2, 0.25) is 0 Å². The molecule has 0 spiro atoms. The number of carboxylic acid groups (broad SMARTS) is 1. The van der Waals surface area contributed by atoms with Crippen molar-refractivity contribution in [2.45, 2.75) is 19.8 Å². The van der Waals surface area contributed by atoms with Crippen molar-refractivity contribution in [2.75, 3.05) is 0 Å². The van der Waals surface area contributed by atoms with Crippen LogP contribution in [0.25, 0.3) is 5.65 Å². The molecule has 0 aromatic carbocycles. The molecular weight excluding hydrogens is 194 g/mol. The molecule has 15 heavy (non-hydrogen) atoms. The quantitative estimate of drug-likeness (QED) is 0.813. The van der Waals surface area contributed by atoms with E-state index in [0.717, 1.165) is 11.2 Å². The van der Waals surface area contributed by atoms with Crippen LogP contribution in [0.5, 0.6) is 0 Å². The summed E-state index contributed by atoms with van der Waals surface area (Å²) in [5, 5.41) is 16.5. The largest absolute Gasteiger partial charge is 0.481 e. The fourth-order valence-corrected chi connectivity index (χ4v) is 1.43. The summed E-state index contributed by atoms with van der Waals surface area (Å²) in [5.41, 5.74) is 1.85. The zero-order valence-electron chi connectivity index (χ0n) is 8.34. The predicted molar refractivity (Wildman–Crippen MR) is 53.7 cm³/mol. The molecule has 2 aromatic rings. The Morgan fingerprint density at radius 1 is 1.47 bits per heavy atom. The third-order valence-corrected chi connectivity index (χ3v) is 2.18. The Morgan fingerprint density at radius 3 is 3.00 bits per heavy atom. The van der Waals surface area contributed by atoms with Gasteiger partial charge in [0.1, 0.15) is 5.82 Å². The minimum Gasteiger partial charge on any atom is -0.481 e. The molecule has 0 saturated heterocycles. The number of nitrogens with zero attached hydrogens (tertiary/aromatic N) is 3. The SMILES string of the molecule is Cc1ccc2nnc(CCC(=O)O)n2c1. The lowest BCUT2D eigenvalue weighted by Gasteiger charge is -1.98. The van der Waals surface area contributed by atoms with Gasteiger partial charge < -0.3 is 5.11 Å². The van der Waals surface area contributed by atoms with Crippen LogP contribution in [0.15, 0.2) is 18.3 Å². The van der Waals surface area contributed by atoms with Gasteiger partial charge in [-0.15, -0.1) is 10.2 Å². The van der Waals surface area contributed by atoms with Gasteiger partial charge in [0.25, 0.3) is 0 Å². The average Bonchev–Trinajstić information content (AvgIpc) is 2.57. The molecule has 0 fully saturated rings. The van der Waals surface area contributed by atoms with Gasteiger partial charge in [0, 0.05) is 12.6 Å². The van der Waals surface area contributed by atoms with Gasteiger partial charge in [0.15, 0.2) is 5.65 Å². The summed E-state index contributed by atoms with van der Waals surface area (Å²) in [6.07, 6.45) is 2.39. The molecule has 2 aromatic heterocycles. The van der Waals surface area contributed by atoms with Crippen molar-refractivity contribution in [2.24, 2.45) is 0 Å². The first-order chi connectivity index (χ1) is 7.16. The van der Waals surface area contributed by atoms with Crippen LogP contribution in [0, 0.1) is 6.92 Å². The van der Waals surface area contributed by atoms with Crippen LogP contribution < -0.4 is 0 Å². The Hall–Kier alpha value is -1.91. The molecule has 0 aliphatic heterocycles. The molecule has 1 N–H and O–H groups in total. The van der Waals surface area contributed by atoms with Crippen LogP contribution in [0.1, 0.15) is 17.8 Å². The Bertz CT molecular complexity index is 504. The Kier molecular flexibility index (Phi) is 2.37. The fraction of sp³-hybridized carbons (Fsp3) is 0.300. The number of pyridine rings is 1. The van der Waals surface area contributed by atoms with Gasteiger partial charge in [-0.1, -0.05) is 6.07 Å². The molecule has 5 nitrogen and oxygen atoms in total. The number of aliphatic carboxylic acids is 1. The van der Waals surface area contributed by atoms with Gasteiger partial charge in [-0.2, -0.15) is 0 Å². The number of carboxylic acids is 1. The normalized spacial score (nSPS) is 10.7. The van der Waals surface area contributed by atoms with Crippen LogP contribution in [0.4, 0.5) is 0 Å². The Labute approximate surface area is 86.4 Å². The van der Waals surface area contributed by atoms with Crippen LogP contribution >= 0.6 is 0 Å². The van der Waals surface area contributed by atoms with E-state index in [1.165, 1.54) is 0 Å². The van der Waals surface area contributed by atoms with Crippen molar-refractivity contribution in [3.05, 3.63) is 29.7 Å². The number of hydrogen-bond donors (Lipinski definition) is 1. The van der Waals surface area contributed by atoms with E-state index in [4.69, 9.17) is 5.11 Å². The van der Waals surface area contributed by atoms with Gasteiger partial charge in [-0.25, -0.2) is 0 Å². The molecule has 0 bridgehead atoms. The molecule has 0 amide bonds. The summed E-state index contributed by atoms with van der Waals surface area (Å²) < 4.78 is 1.83. The number of rotatable bonds is 3. The minimum absolute atomic E-state index is 0.0781. The molecule has 0 saturated carbocycles. The molecule has 78 valence electrons. The highest BCUT2D eigenvalue weighted by Gasteiger charge is 2.07. The lowest BCUT2D eigenvalue weighted by Crippen LogP contribution is -2.01. The summed E-state index contributed by atoms with van der Waals surface area (Å²) in [4.78, 5) is 10.4. The molecule has 0 aliphatic rings. The van der Waals surface area contributed by atoms with Crippen molar-refractivity contribution in [3.63, 3.8) is 0 Å². The maximum atomic E-state index is 10.4. The average molecular weight is 205 g/mol. The molecule has 5 heteroatoms. The lowest BCUT2D eigenvalue weighted by atomic mass is 10.3. The van der Waals surface area contributed by atoms with Crippen molar-refractivity contribution in [1.82, 2.24) is 14.6 Å². The first kappa shape index (κ1) is 9.64. The Balaban J connectivity index is 2.35. The predicted octanol–water partition coefficient (Wildman–Crippen LogP) is 1.05. The summed E-state index contributed by atoms with van der Waals surface area (Å²) in [6, 6.07) is 3.82.